The van der Waals surface area contributed by atoms with Crippen molar-refractivity contribution in [1.29, 1.82) is 0 Å². The van der Waals surface area contributed by atoms with Crippen molar-refractivity contribution in [1.82, 2.24) is 0 Å². The maximum Gasteiger partial charge on any atom is 0.00389 e. The number of nitrogens with two attached hydrogens (primary N) is 1. The van der Waals surface area contributed by atoms with Gasteiger partial charge in [-0.1, -0.05) is 13.3 Å². The molecule has 54 valence electrons. The minimum absolute atomic E-state index is 0.438. The topological polar surface area (TPSA) is 26.0 Å². The van der Waals surface area contributed by atoms with Gasteiger partial charge < -0.3 is 5.73 Å². The van der Waals surface area contributed by atoms with Gasteiger partial charge in [0.25, 0.3) is 0 Å². The highest BCUT2D eigenvalue weighted by Gasteiger charge is 2.29. The van der Waals surface area contributed by atoms with Gasteiger partial charge in [0.15, 0.2) is 0 Å². The zero-order valence-corrected chi connectivity index (χ0v) is 6.43. The lowest BCUT2D eigenvalue weighted by Crippen LogP contribution is -2.36. The molecule has 1 nitrogen and oxygen atoms in total. The SMILES string of the molecule is CCC1CC(C(C)N)C1. The summed E-state index contributed by atoms with van der Waals surface area (Å²) in [5.74, 6) is 1.84. The van der Waals surface area contributed by atoms with Crippen LogP contribution in [0.3, 0.4) is 0 Å². The highest BCUT2D eigenvalue weighted by molar-refractivity contribution is 4.83. The molecule has 1 atom stereocenters. The Balaban J connectivity index is 2.12. The molecule has 1 unspecified atom stereocenters. The monoisotopic (exact) mass is 127 g/mol. The largest absolute Gasteiger partial charge is 0.328 e. The van der Waals surface area contributed by atoms with Gasteiger partial charge >= 0.3 is 0 Å². The van der Waals surface area contributed by atoms with E-state index in [4.69, 9.17) is 5.73 Å². The van der Waals surface area contributed by atoms with Crippen molar-refractivity contribution in [2.45, 2.75) is 39.2 Å². The summed E-state index contributed by atoms with van der Waals surface area (Å²) in [6, 6.07) is 0.438. The zero-order chi connectivity index (χ0) is 6.85. The fourth-order valence-electron chi connectivity index (χ4n) is 1.55. The average molecular weight is 127 g/mol. The fraction of sp³-hybridized carbons (Fsp3) is 1.00. The predicted octanol–water partition coefficient (Wildman–Crippen LogP) is 1.77. The molecule has 2 N–H and O–H groups in total. The standard InChI is InChI=1S/C8H17N/c1-3-7-4-8(5-7)6(2)9/h6-8H,3-5,9H2,1-2H3. The van der Waals surface area contributed by atoms with Crippen molar-refractivity contribution in [3.8, 4) is 0 Å². The first-order chi connectivity index (χ1) is 4.24. The molecule has 0 aromatic heterocycles. The van der Waals surface area contributed by atoms with Gasteiger partial charge in [-0.3, -0.25) is 0 Å². The zero-order valence-electron chi connectivity index (χ0n) is 6.43. The second-order valence-corrected chi connectivity index (χ2v) is 3.36. The summed E-state index contributed by atoms with van der Waals surface area (Å²) in [4.78, 5) is 0. The van der Waals surface area contributed by atoms with Gasteiger partial charge in [0, 0.05) is 6.04 Å². The molecule has 1 fully saturated rings. The van der Waals surface area contributed by atoms with Crippen molar-refractivity contribution in [2.24, 2.45) is 17.6 Å². The van der Waals surface area contributed by atoms with Crippen LogP contribution in [0.2, 0.25) is 0 Å². The molecule has 9 heavy (non-hydrogen) atoms. The quantitative estimate of drug-likeness (QED) is 0.601. The summed E-state index contributed by atoms with van der Waals surface area (Å²) < 4.78 is 0. The Kier molecular flexibility index (Phi) is 2.12. The minimum atomic E-state index is 0.438. The molecule has 0 radical (unpaired) electrons. The van der Waals surface area contributed by atoms with E-state index in [1.165, 1.54) is 19.3 Å². The molecule has 0 saturated heterocycles. The summed E-state index contributed by atoms with van der Waals surface area (Å²) in [6.45, 7) is 4.39. The third kappa shape index (κ3) is 1.45. The molecular formula is C8H17N. The second-order valence-electron chi connectivity index (χ2n) is 3.36. The Morgan fingerprint density at radius 2 is 2.11 bits per heavy atom. The molecule has 1 aliphatic rings. The van der Waals surface area contributed by atoms with Crippen molar-refractivity contribution in [2.75, 3.05) is 0 Å². The number of rotatable bonds is 2. The molecule has 0 amide bonds. The van der Waals surface area contributed by atoms with E-state index in [9.17, 15) is 0 Å². The third-order valence-corrected chi connectivity index (χ3v) is 2.59. The first-order valence-corrected chi connectivity index (χ1v) is 3.99. The molecule has 0 spiro atoms. The van der Waals surface area contributed by atoms with E-state index in [0.717, 1.165) is 11.8 Å². The van der Waals surface area contributed by atoms with Gasteiger partial charge in [-0.15, -0.1) is 0 Å². The highest BCUT2D eigenvalue weighted by Crippen LogP contribution is 2.37. The van der Waals surface area contributed by atoms with Crippen LogP contribution in [-0.2, 0) is 0 Å². The third-order valence-electron chi connectivity index (χ3n) is 2.59. The lowest BCUT2D eigenvalue weighted by molar-refractivity contribution is 0.163. The van der Waals surface area contributed by atoms with E-state index in [1.54, 1.807) is 0 Å². The lowest BCUT2D eigenvalue weighted by atomic mass is 9.71. The molecule has 0 bridgehead atoms. The van der Waals surface area contributed by atoms with Crippen LogP contribution in [0.15, 0.2) is 0 Å². The molecule has 0 heterocycles. The molecule has 0 aromatic carbocycles. The molecular weight excluding hydrogens is 110 g/mol. The number of hydrogen-bond donors (Lipinski definition) is 1. The van der Waals surface area contributed by atoms with Gasteiger partial charge in [-0.05, 0) is 31.6 Å². The molecule has 1 heteroatoms. The normalized spacial score (nSPS) is 37.7. The summed E-state index contributed by atoms with van der Waals surface area (Å²) >= 11 is 0. The van der Waals surface area contributed by atoms with E-state index < -0.39 is 0 Å². The fourth-order valence-corrected chi connectivity index (χ4v) is 1.55. The smallest absolute Gasteiger partial charge is 0.00389 e. The van der Waals surface area contributed by atoms with E-state index >= 15 is 0 Å². The number of hydrogen-bond acceptors (Lipinski definition) is 1. The van der Waals surface area contributed by atoms with Crippen LogP contribution < -0.4 is 5.73 Å². The summed E-state index contributed by atoms with van der Waals surface area (Å²) in [6.07, 6.45) is 4.12. The Hall–Kier alpha value is -0.0400. The van der Waals surface area contributed by atoms with Crippen molar-refractivity contribution in [3.63, 3.8) is 0 Å². The van der Waals surface area contributed by atoms with Crippen LogP contribution in [0.25, 0.3) is 0 Å². The maximum absolute atomic E-state index is 5.71. The van der Waals surface area contributed by atoms with Gasteiger partial charge in [0.05, 0.1) is 0 Å². The molecule has 1 aliphatic carbocycles. The molecule has 0 aromatic rings. The van der Waals surface area contributed by atoms with Crippen molar-refractivity contribution < 1.29 is 0 Å². The average Bonchev–Trinajstić information content (AvgIpc) is 1.61. The lowest BCUT2D eigenvalue weighted by Gasteiger charge is -2.37. The van der Waals surface area contributed by atoms with Crippen LogP contribution in [-0.4, -0.2) is 6.04 Å². The Morgan fingerprint density at radius 1 is 1.56 bits per heavy atom. The molecule has 1 saturated carbocycles. The van der Waals surface area contributed by atoms with Crippen LogP contribution >= 0.6 is 0 Å². The molecule has 0 aliphatic heterocycles. The summed E-state index contributed by atoms with van der Waals surface area (Å²) in [7, 11) is 0. The van der Waals surface area contributed by atoms with E-state index in [1.807, 2.05) is 0 Å². The minimum Gasteiger partial charge on any atom is -0.328 e. The molecule has 1 rings (SSSR count). The van der Waals surface area contributed by atoms with Crippen LogP contribution in [0.4, 0.5) is 0 Å². The Labute approximate surface area is 57.6 Å². The van der Waals surface area contributed by atoms with Gasteiger partial charge in [-0.25, -0.2) is 0 Å². The van der Waals surface area contributed by atoms with Crippen LogP contribution in [0.1, 0.15) is 33.1 Å². The van der Waals surface area contributed by atoms with Gasteiger partial charge in [0.2, 0.25) is 0 Å². The Bertz CT molecular complexity index is 82.6. The van der Waals surface area contributed by atoms with Crippen molar-refractivity contribution >= 4 is 0 Å². The van der Waals surface area contributed by atoms with E-state index in [2.05, 4.69) is 13.8 Å². The maximum atomic E-state index is 5.71. The second kappa shape index (κ2) is 2.70. The van der Waals surface area contributed by atoms with Gasteiger partial charge in [0.1, 0.15) is 0 Å². The summed E-state index contributed by atoms with van der Waals surface area (Å²) in [5, 5.41) is 0. The first kappa shape index (κ1) is 7.07. The van der Waals surface area contributed by atoms with E-state index in [0.29, 0.717) is 6.04 Å². The predicted molar refractivity (Wildman–Crippen MR) is 40.2 cm³/mol. The van der Waals surface area contributed by atoms with Gasteiger partial charge in [-0.2, -0.15) is 0 Å². The van der Waals surface area contributed by atoms with Crippen molar-refractivity contribution in [3.05, 3.63) is 0 Å². The van der Waals surface area contributed by atoms with Crippen LogP contribution in [0, 0.1) is 11.8 Å². The summed E-state index contributed by atoms with van der Waals surface area (Å²) in [5.41, 5.74) is 5.71. The van der Waals surface area contributed by atoms with Crippen LogP contribution in [0.5, 0.6) is 0 Å². The first-order valence-electron chi connectivity index (χ1n) is 3.99. The Morgan fingerprint density at radius 3 is 2.44 bits per heavy atom. The van der Waals surface area contributed by atoms with E-state index in [-0.39, 0.29) is 0 Å². The highest BCUT2D eigenvalue weighted by atomic mass is 14.6.